The second-order valence-electron chi connectivity index (χ2n) is 6.15. The number of carboxylic acids is 1. The predicted molar refractivity (Wildman–Crippen MR) is 93.7 cm³/mol. The van der Waals surface area contributed by atoms with Gasteiger partial charge in [0.25, 0.3) is 0 Å². The molecule has 7 nitrogen and oxygen atoms in total. The van der Waals surface area contributed by atoms with Crippen molar-refractivity contribution in [3.8, 4) is 0 Å². The third-order valence-electron chi connectivity index (χ3n) is 4.26. The molecule has 1 fully saturated rings. The van der Waals surface area contributed by atoms with E-state index in [-0.39, 0.29) is 18.2 Å². The van der Waals surface area contributed by atoms with E-state index in [1.54, 1.807) is 24.3 Å². The van der Waals surface area contributed by atoms with Gasteiger partial charge in [0.05, 0.1) is 18.7 Å². The first-order valence-electron chi connectivity index (χ1n) is 7.89. The number of hydrogen-bond acceptors (Lipinski definition) is 4. The Bertz CT molecular complexity index is 727. The van der Waals surface area contributed by atoms with Crippen LogP contribution in [0.2, 0.25) is 5.02 Å². The van der Waals surface area contributed by atoms with Gasteiger partial charge in [0, 0.05) is 24.0 Å². The predicted octanol–water partition coefficient (Wildman–Crippen LogP) is 1.64. The van der Waals surface area contributed by atoms with Crippen molar-refractivity contribution in [3.63, 3.8) is 0 Å². The molecule has 2 N–H and O–H groups in total. The van der Waals surface area contributed by atoms with Crippen LogP contribution in [-0.2, 0) is 19.6 Å². The summed E-state index contributed by atoms with van der Waals surface area (Å²) in [5, 5.41) is 12.4. The van der Waals surface area contributed by atoms with Crippen LogP contribution in [0, 0.1) is 5.92 Å². The van der Waals surface area contributed by atoms with Crippen LogP contribution >= 0.6 is 11.6 Å². The van der Waals surface area contributed by atoms with E-state index in [0.717, 1.165) is 6.26 Å². The zero-order valence-corrected chi connectivity index (χ0v) is 15.4. The average Bonchev–Trinajstić information content (AvgIpc) is 2.54. The van der Waals surface area contributed by atoms with Crippen LogP contribution in [0.25, 0.3) is 0 Å². The summed E-state index contributed by atoms with van der Waals surface area (Å²) in [6.45, 7) is 0.586. The maximum Gasteiger partial charge on any atom is 0.305 e. The summed E-state index contributed by atoms with van der Waals surface area (Å²) in [6, 6.07) is 5.99. The molecule has 1 heterocycles. The maximum absolute atomic E-state index is 12.5. The van der Waals surface area contributed by atoms with Crippen molar-refractivity contribution in [2.45, 2.75) is 25.3 Å². The smallest absolute Gasteiger partial charge is 0.305 e. The monoisotopic (exact) mass is 388 g/mol. The minimum absolute atomic E-state index is 0.241. The van der Waals surface area contributed by atoms with Crippen molar-refractivity contribution in [1.82, 2.24) is 9.62 Å². The highest BCUT2D eigenvalue weighted by molar-refractivity contribution is 7.88. The van der Waals surface area contributed by atoms with Crippen molar-refractivity contribution in [2.75, 3.05) is 19.3 Å². The number of benzene rings is 1. The van der Waals surface area contributed by atoms with Crippen LogP contribution in [0.5, 0.6) is 0 Å². The molecule has 2 rings (SSSR count). The number of sulfonamides is 1. The van der Waals surface area contributed by atoms with E-state index in [2.05, 4.69) is 5.32 Å². The molecule has 138 valence electrons. The van der Waals surface area contributed by atoms with Gasteiger partial charge in [0.1, 0.15) is 0 Å². The van der Waals surface area contributed by atoms with Gasteiger partial charge in [-0.3, -0.25) is 9.59 Å². The molecule has 1 atom stereocenters. The van der Waals surface area contributed by atoms with Crippen LogP contribution in [0.3, 0.4) is 0 Å². The zero-order chi connectivity index (χ0) is 18.6. The Hall–Kier alpha value is -1.64. The molecule has 1 aliphatic rings. The van der Waals surface area contributed by atoms with Crippen molar-refractivity contribution in [1.29, 1.82) is 0 Å². The van der Waals surface area contributed by atoms with Gasteiger partial charge in [-0.05, 0) is 30.5 Å². The minimum Gasteiger partial charge on any atom is -0.481 e. The van der Waals surface area contributed by atoms with Gasteiger partial charge in [0.2, 0.25) is 15.9 Å². The summed E-state index contributed by atoms with van der Waals surface area (Å²) in [5.74, 6) is -1.61. The third-order valence-corrected chi connectivity index (χ3v) is 5.82. The fraction of sp³-hybridized carbons (Fsp3) is 0.500. The Morgan fingerprint density at radius 3 is 2.32 bits per heavy atom. The van der Waals surface area contributed by atoms with Crippen LogP contribution < -0.4 is 5.32 Å². The summed E-state index contributed by atoms with van der Waals surface area (Å²) < 4.78 is 24.4. The molecule has 0 unspecified atom stereocenters. The number of carboxylic acid groups (broad SMARTS) is 1. The normalized spacial score (nSPS) is 17.8. The third kappa shape index (κ3) is 5.69. The van der Waals surface area contributed by atoms with Crippen molar-refractivity contribution in [3.05, 3.63) is 34.9 Å². The first-order valence-corrected chi connectivity index (χ1v) is 10.1. The first kappa shape index (κ1) is 19.7. The SMILES string of the molecule is CS(=O)(=O)N1CCC(C(=O)N[C@@H](CC(=O)O)c2ccc(Cl)cc2)CC1. The molecule has 0 spiro atoms. The van der Waals surface area contributed by atoms with Gasteiger partial charge in [-0.1, -0.05) is 23.7 Å². The first-order chi connectivity index (χ1) is 11.7. The van der Waals surface area contributed by atoms with Crippen molar-refractivity contribution < 1.29 is 23.1 Å². The number of amides is 1. The Kier molecular flexibility index (Phi) is 6.42. The molecular formula is C16H21ClN2O5S. The Labute approximate surface area is 152 Å². The number of nitrogens with zero attached hydrogens (tertiary/aromatic N) is 1. The standard InChI is InChI=1S/C16H21ClN2O5S/c1-25(23,24)19-8-6-12(7-9-19)16(22)18-14(10-15(20)21)11-2-4-13(17)5-3-11/h2-5,12,14H,6-10H2,1H3,(H,18,22)(H,20,21)/t14-/m0/s1. The fourth-order valence-electron chi connectivity index (χ4n) is 2.86. The largest absolute Gasteiger partial charge is 0.481 e. The van der Waals surface area contributed by atoms with Crippen LogP contribution in [0.15, 0.2) is 24.3 Å². The number of carbonyl (C=O) groups is 2. The van der Waals surface area contributed by atoms with Crippen LogP contribution in [-0.4, -0.2) is 49.1 Å². The number of rotatable bonds is 6. The molecule has 1 saturated heterocycles. The molecule has 9 heteroatoms. The molecule has 25 heavy (non-hydrogen) atoms. The van der Waals surface area contributed by atoms with Crippen molar-refractivity contribution in [2.24, 2.45) is 5.92 Å². The average molecular weight is 389 g/mol. The van der Waals surface area contributed by atoms with E-state index >= 15 is 0 Å². The van der Waals surface area contributed by atoms with Gasteiger partial charge < -0.3 is 10.4 Å². The lowest BCUT2D eigenvalue weighted by molar-refractivity contribution is -0.138. The number of halogens is 1. The Morgan fingerprint density at radius 2 is 1.84 bits per heavy atom. The van der Waals surface area contributed by atoms with Crippen molar-refractivity contribution >= 4 is 33.5 Å². The number of hydrogen-bond donors (Lipinski definition) is 2. The summed E-state index contributed by atoms with van der Waals surface area (Å²) in [5.41, 5.74) is 0.661. The summed E-state index contributed by atoms with van der Waals surface area (Å²) in [4.78, 5) is 23.6. The van der Waals surface area contributed by atoms with E-state index in [9.17, 15) is 18.0 Å². The molecule has 1 aromatic carbocycles. The second-order valence-corrected chi connectivity index (χ2v) is 8.57. The number of carbonyl (C=O) groups excluding carboxylic acids is 1. The maximum atomic E-state index is 12.5. The van der Waals surface area contributed by atoms with E-state index in [1.165, 1.54) is 4.31 Å². The van der Waals surface area contributed by atoms with E-state index in [0.29, 0.717) is 36.5 Å². The quantitative estimate of drug-likeness (QED) is 0.771. The van der Waals surface area contributed by atoms with E-state index in [4.69, 9.17) is 16.7 Å². The van der Waals surface area contributed by atoms with Crippen LogP contribution in [0.4, 0.5) is 0 Å². The number of aliphatic carboxylic acids is 1. The Morgan fingerprint density at radius 1 is 1.28 bits per heavy atom. The second kappa shape index (κ2) is 8.16. The highest BCUT2D eigenvalue weighted by Gasteiger charge is 2.30. The Balaban J connectivity index is 2.02. The van der Waals surface area contributed by atoms with Gasteiger partial charge in [-0.15, -0.1) is 0 Å². The molecule has 1 aromatic rings. The fourth-order valence-corrected chi connectivity index (χ4v) is 3.86. The van der Waals surface area contributed by atoms with Gasteiger partial charge in [-0.25, -0.2) is 12.7 Å². The highest BCUT2D eigenvalue weighted by atomic mass is 35.5. The summed E-state index contributed by atoms with van der Waals surface area (Å²) in [6.07, 6.45) is 1.74. The molecule has 0 aliphatic carbocycles. The number of piperidine rings is 1. The molecule has 0 saturated carbocycles. The zero-order valence-electron chi connectivity index (χ0n) is 13.8. The summed E-state index contributed by atoms with van der Waals surface area (Å²) >= 11 is 5.84. The lowest BCUT2D eigenvalue weighted by Crippen LogP contribution is -2.43. The minimum atomic E-state index is -3.25. The molecular weight excluding hydrogens is 368 g/mol. The van der Waals surface area contributed by atoms with Gasteiger partial charge >= 0.3 is 5.97 Å². The van der Waals surface area contributed by atoms with Crippen LogP contribution in [0.1, 0.15) is 30.9 Å². The van der Waals surface area contributed by atoms with E-state index < -0.39 is 22.0 Å². The topological polar surface area (TPSA) is 104 Å². The lowest BCUT2D eigenvalue weighted by atomic mass is 9.95. The molecule has 1 aliphatic heterocycles. The lowest BCUT2D eigenvalue weighted by Gasteiger charge is -2.30. The molecule has 0 aromatic heterocycles. The van der Waals surface area contributed by atoms with E-state index in [1.807, 2.05) is 0 Å². The highest BCUT2D eigenvalue weighted by Crippen LogP contribution is 2.23. The van der Waals surface area contributed by atoms with Gasteiger partial charge in [-0.2, -0.15) is 0 Å². The molecule has 0 bridgehead atoms. The number of nitrogens with one attached hydrogen (secondary N) is 1. The molecule has 0 radical (unpaired) electrons. The molecule has 1 amide bonds. The van der Waals surface area contributed by atoms with Gasteiger partial charge in [0.15, 0.2) is 0 Å². The summed E-state index contributed by atoms with van der Waals surface area (Å²) in [7, 11) is -3.25.